The number of carbonyl (C=O) groups is 1. The van der Waals surface area contributed by atoms with Gasteiger partial charge in [0.2, 0.25) is 11.7 Å². The lowest BCUT2D eigenvalue weighted by molar-refractivity contribution is -0.384. The molecule has 0 radical (unpaired) electrons. The van der Waals surface area contributed by atoms with E-state index < -0.39 is 10.8 Å². The summed E-state index contributed by atoms with van der Waals surface area (Å²) in [6.07, 6.45) is 1.55. The first-order valence-corrected chi connectivity index (χ1v) is 8.63. The maximum absolute atomic E-state index is 12.8. The second-order valence-electron chi connectivity index (χ2n) is 6.02. The highest BCUT2D eigenvalue weighted by Crippen LogP contribution is 2.21. The number of amides is 1. The van der Waals surface area contributed by atoms with Crippen molar-refractivity contribution in [1.82, 2.24) is 15.0 Å². The first kappa shape index (κ1) is 19.7. The molecule has 0 spiro atoms. The number of nitro groups is 1. The minimum absolute atomic E-state index is 0.0384. The lowest BCUT2D eigenvalue weighted by Gasteiger charge is -2.19. The molecule has 1 aromatic heterocycles. The van der Waals surface area contributed by atoms with Crippen LogP contribution < -0.4 is 4.74 Å². The van der Waals surface area contributed by atoms with Crippen molar-refractivity contribution in [3.8, 4) is 17.1 Å². The van der Waals surface area contributed by atoms with E-state index >= 15 is 0 Å². The average molecular weight is 394 g/mol. The molecular weight excluding hydrogens is 376 g/mol. The molecule has 3 rings (SSSR count). The quantitative estimate of drug-likeness (QED) is 0.327. The van der Waals surface area contributed by atoms with Crippen molar-refractivity contribution in [3.63, 3.8) is 0 Å². The highest BCUT2D eigenvalue weighted by Gasteiger charge is 2.20. The summed E-state index contributed by atoms with van der Waals surface area (Å²) in [6.45, 7) is 3.90. The van der Waals surface area contributed by atoms with Gasteiger partial charge < -0.3 is 14.2 Å². The fourth-order valence-corrected chi connectivity index (χ4v) is 2.65. The Hall–Kier alpha value is -4.01. The first-order valence-electron chi connectivity index (χ1n) is 8.63. The van der Waals surface area contributed by atoms with Crippen LogP contribution in [0.25, 0.3) is 11.4 Å². The van der Waals surface area contributed by atoms with Crippen LogP contribution in [0.15, 0.2) is 65.7 Å². The van der Waals surface area contributed by atoms with Crippen molar-refractivity contribution >= 4 is 11.6 Å². The minimum atomic E-state index is -0.548. The molecule has 9 nitrogen and oxygen atoms in total. The van der Waals surface area contributed by atoms with E-state index in [2.05, 4.69) is 16.7 Å². The summed E-state index contributed by atoms with van der Waals surface area (Å²) < 4.78 is 10.4. The summed E-state index contributed by atoms with van der Waals surface area (Å²) in [5.74, 6) is 0.912. The Labute approximate surface area is 166 Å². The summed E-state index contributed by atoms with van der Waals surface area (Å²) >= 11 is 0. The van der Waals surface area contributed by atoms with Gasteiger partial charge in [0, 0.05) is 29.8 Å². The van der Waals surface area contributed by atoms with Crippen LogP contribution in [0.1, 0.15) is 16.2 Å². The number of aromatic nitrogens is 2. The molecule has 0 saturated heterocycles. The topological polar surface area (TPSA) is 112 Å². The van der Waals surface area contributed by atoms with Crippen LogP contribution in [0, 0.1) is 10.1 Å². The van der Waals surface area contributed by atoms with Crippen LogP contribution >= 0.6 is 0 Å². The van der Waals surface area contributed by atoms with Gasteiger partial charge in [-0.3, -0.25) is 14.9 Å². The molecule has 0 fully saturated rings. The van der Waals surface area contributed by atoms with Gasteiger partial charge in [0.15, 0.2) is 0 Å². The number of rotatable bonds is 8. The molecule has 29 heavy (non-hydrogen) atoms. The molecule has 2 aromatic carbocycles. The molecule has 9 heteroatoms. The summed E-state index contributed by atoms with van der Waals surface area (Å²) in [5, 5.41) is 14.9. The fourth-order valence-electron chi connectivity index (χ4n) is 2.65. The number of ether oxygens (including phenoxy) is 1. The average Bonchev–Trinajstić information content (AvgIpc) is 3.21. The Kier molecular flexibility index (Phi) is 5.98. The van der Waals surface area contributed by atoms with Crippen molar-refractivity contribution in [2.45, 2.75) is 6.54 Å². The van der Waals surface area contributed by atoms with Gasteiger partial charge in [-0.05, 0) is 30.3 Å². The maximum atomic E-state index is 12.8. The second kappa shape index (κ2) is 8.79. The molecule has 148 valence electrons. The molecule has 1 heterocycles. The van der Waals surface area contributed by atoms with Crippen molar-refractivity contribution < 1.29 is 19.0 Å². The summed E-state index contributed by atoms with van der Waals surface area (Å²) in [5.41, 5.74) is 0.769. The zero-order chi connectivity index (χ0) is 20.8. The van der Waals surface area contributed by atoms with Crippen LogP contribution in [0.2, 0.25) is 0 Å². The zero-order valence-electron chi connectivity index (χ0n) is 15.6. The lowest BCUT2D eigenvalue weighted by Crippen LogP contribution is -2.30. The highest BCUT2D eigenvalue weighted by atomic mass is 16.6. The number of nitrogens with zero attached hydrogens (tertiary/aromatic N) is 4. The van der Waals surface area contributed by atoms with Crippen LogP contribution in [0.4, 0.5) is 5.69 Å². The van der Waals surface area contributed by atoms with Gasteiger partial charge in [0.05, 0.1) is 12.0 Å². The van der Waals surface area contributed by atoms with Gasteiger partial charge in [-0.15, -0.1) is 6.58 Å². The molecule has 0 aliphatic rings. The van der Waals surface area contributed by atoms with E-state index in [1.807, 2.05) is 0 Å². The number of benzene rings is 2. The number of carbonyl (C=O) groups excluding carboxylic acids is 1. The van der Waals surface area contributed by atoms with Crippen molar-refractivity contribution in [1.29, 1.82) is 0 Å². The maximum Gasteiger partial charge on any atom is 0.270 e. The second-order valence-corrected chi connectivity index (χ2v) is 6.02. The normalized spacial score (nSPS) is 10.4. The molecule has 0 aliphatic heterocycles. The number of hydrogen-bond acceptors (Lipinski definition) is 7. The number of non-ortho nitro benzene ring substituents is 1. The van der Waals surface area contributed by atoms with Crippen LogP contribution in [0.5, 0.6) is 5.75 Å². The van der Waals surface area contributed by atoms with Gasteiger partial charge in [0.1, 0.15) is 12.3 Å². The first-order chi connectivity index (χ1) is 14.0. The standard InChI is InChI=1S/C20H18N4O5/c1-3-11-23(20(25)15-5-4-6-16(12-15)24(26)27)13-18-21-19(22-29-18)14-7-9-17(28-2)10-8-14/h3-10,12H,1,11,13H2,2H3. The van der Waals surface area contributed by atoms with Crippen molar-refractivity contribution in [3.05, 3.63) is 82.8 Å². The zero-order valence-corrected chi connectivity index (χ0v) is 15.6. The number of hydrogen-bond donors (Lipinski definition) is 0. The molecule has 0 saturated carbocycles. The molecule has 3 aromatic rings. The lowest BCUT2D eigenvalue weighted by atomic mass is 10.1. The summed E-state index contributed by atoms with van der Waals surface area (Å²) in [7, 11) is 1.58. The smallest absolute Gasteiger partial charge is 0.270 e. The Balaban J connectivity index is 1.79. The molecule has 1 amide bonds. The summed E-state index contributed by atoms with van der Waals surface area (Å²) in [4.78, 5) is 29.0. The van der Waals surface area contributed by atoms with Gasteiger partial charge in [0.25, 0.3) is 11.6 Å². The van der Waals surface area contributed by atoms with E-state index in [1.54, 1.807) is 37.5 Å². The molecule has 0 N–H and O–H groups in total. The summed E-state index contributed by atoms with van der Waals surface area (Å²) in [6, 6.07) is 12.7. The molecule has 0 unspecified atom stereocenters. The van der Waals surface area contributed by atoms with E-state index in [0.717, 1.165) is 5.56 Å². The SMILES string of the molecule is C=CCN(Cc1nc(-c2ccc(OC)cc2)no1)C(=O)c1cccc([N+](=O)[O-])c1. The van der Waals surface area contributed by atoms with Gasteiger partial charge in [-0.1, -0.05) is 17.3 Å². The van der Waals surface area contributed by atoms with E-state index in [0.29, 0.717) is 11.6 Å². The Morgan fingerprint density at radius 3 is 2.72 bits per heavy atom. The van der Waals surface area contributed by atoms with Crippen molar-refractivity contribution in [2.24, 2.45) is 0 Å². The monoisotopic (exact) mass is 394 g/mol. The van der Waals surface area contributed by atoms with Crippen LogP contribution in [0.3, 0.4) is 0 Å². The third-order valence-electron chi connectivity index (χ3n) is 4.08. The van der Waals surface area contributed by atoms with E-state index in [4.69, 9.17) is 9.26 Å². The Morgan fingerprint density at radius 1 is 1.31 bits per heavy atom. The predicted molar refractivity (Wildman–Crippen MR) is 104 cm³/mol. The third-order valence-corrected chi connectivity index (χ3v) is 4.08. The van der Waals surface area contributed by atoms with Crippen LogP contribution in [-0.2, 0) is 6.54 Å². The Morgan fingerprint density at radius 2 is 2.07 bits per heavy atom. The van der Waals surface area contributed by atoms with E-state index in [-0.39, 0.29) is 30.2 Å². The van der Waals surface area contributed by atoms with Gasteiger partial charge >= 0.3 is 0 Å². The van der Waals surface area contributed by atoms with E-state index in [1.165, 1.54) is 29.2 Å². The predicted octanol–water partition coefficient (Wildman–Crippen LogP) is 3.48. The largest absolute Gasteiger partial charge is 0.497 e. The number of nitro benzene ring substituents is 1. The van der Waals surface area contributed by atoms with Gasteiger partial charge in [-0.25, -0.2) is 0 Å². The molecule has 0 bridgehead atoms. The molecule has 0 atom stereocenters. The van der Waals surface area contributed by atoms with E-state index in [9.17, 15) is 14.9 Å². The van der Waals surface area contributed by atoms with Crippen molar-refractivity contribution in [2.75, 3.05) is 13.7 Å². The molecular formula is C20H18N4O5. The number of methoxy groups -OCH3 is 1. The Bertz CT molecular complexity index is 1030. The fraction of sp³-hybridized carbons (Fsp3) is 0.150. The van der Waals surface area contributed by atoms with Gasteiger partial charge in [-0.2, -0.15) is 4.98 Å². The third kappa shape index (κ3) is 4.64. The molecule has 0 aliphatic carbocycles. The minimum Gasteiger partial charge on any atom is -0.497 e. The van der Waals surface area contributed by atoms with Crippen LogP contribution in [-0.4, -0.2) is 39.5 Å². The highest BCUT2D eigenvalue weighted by molar-refractivity contribution is 5.94.